The average molecular weight is 480 g/mol. The molecule has 4 rings (SSSR count). The van der Waals surface area contributed by atoms with Gasteiger partial charge in [-0.1, -0.05) is 5.57 Å². The van der Waals surface area contributed by atoms with E-state index in [1.54, 1.807) is 41.6 Å². The Hall–Kier alpha value is -3.33. The number of hydrogen-bond donors (Lipinski definition) is 1. The first-order chi connectivity index (χ1) is 16.5. The second kappa shape index (κ2) is 11.2. The van der Waals surface area contributed by atoms with E-state index in [4.69, 9.17) is 0 Å². The Bertz CT molecular complexity index is 1100. The van der Waals surface area contributed by atoms with Crippen molar-refractivity contribution in [3.63, 3.8) is 0 Å². The van der Waals surface area contributed by atoms with Gasteiger partial charge >= 0.3 is 0 Å². The van der Waals surface area contributed by atoms with E-state index in [1.165, 1.54) is 5.57 Å². The van der Waals surface area contributed by atoms with Gasteiger partial charge < -0.3 is 15.1 Å². The van der Waals surface area contributed by atoms with Crippen LogP contribution in [0.1, 0.15) is 48.9 Å². The van der Waals surface area contributed by atoms with Gasteiger partial charge in [0.25, 0.3) is 0 Å². The molecule has 1 fully saturated rings. The van der Waals surface area contributed by atoms with Gasteiger partial charge in [0.15, 0.2) is 0 Å². The standard InChI is InChI=1S/C25H29N5O3S/c1-29-10-2-3-20-13-19(15-26-25(20)28-22(31)5-7-23(29)32)4-6-24(33)30-11-8-18(9-12-30)14-21-16-34-17-27-21/h4,6,13-17H,2-3,5,7-12H2,1H3,(H,26,28,31). The van der Waals surface area contributed by atoms with Gasteiger partial charge in [0.2, 0.25) is 17.7 Å². The molecule has 34 heavy (non-hydrogen) atoms. The predicted octanol–water partition coefficient (Wildman–Crippen LogP) is 3.38. The molecule has 2 aromatic rings. The van der Waals surface area contributed by atoms with Crippen LogP contribution in [0.4, 0.5) is 5.82 Å². The lowest BCUT2D eigenvalue weighted by atomic mass is 10.0. The van der Waals surface area contributed by atoms with Gasteiger partial charge in [-0.2, -0.15) is 0 Å². The van der Waals surface area contributed by atoms with Crippen LogP contribution >= 0.6 is 11.3 Å². The molecule has 0 radical (unpaired) electrons. The molecule has 4 heterocycles. The van der Waals surface area contributed by atoms with Crippen molar-refractivity contribution in [3.8, 4) is 0 Å². The van der Waals surface area contributed by atoms with Crippen LogP contribution in [0.3, 0.4) is 0 Å². The molecule has 0 spiro atoms. The van der Waals surface area contributed by atoms with Crippen molar-refractivity contribution in [1.82, 2.24) is 19.8 Å². The molecule has 3 amide bonds. The number of aromatic nitrogens is 2. The minimum atomic E-state index is -0.218. The van der Waals surface area contributed by atoms with E-state index >= 15 is 0 Å². The molecular formula is C25H29N5O3S. The van der Waals surface area contributed by atoms with Crippen LogP contribution in [0.2, 0.25) is 0 Å². The Morgan fingerprint density at radius 3 is 2.68 bits per heavy atom. The van der Waals surface area contributed by atoms with Crippen molar-refractivity contribution < 1.29 is 14.4 Å². The van der Waals surface area contributed by atoms with Gasteiger partial charge in [-0.3, -0.25) is 14.4 Å². The Morgan fingerprint density at radius 1 is 1.09 bits per heavy atom. The fourth-order valence-electron chi connectivity index (χ4n) is 4.09. The highest BCUT2D eigenvalue weighted by Crippen LogP contribution is 2.21. The molecule has 2 aromatic heterocycles. The SMILES string of the molecule is CN1CCCc2cc(C=CC(=O)N3CCC(=Cc4cscn4)CC3)cnc2NC(=O)CCC1=O. The van der Waals surface area contributed by atoms with Crippen molar-refractivity contribution in [2.24, 2.45) is 0 Å². The number of aryl methyl sites for hydroxylation is 1. The van der Waals surface area contributed by atoms with Gasteiger partial charge in [-0.25, -0.2) is 9.97 Å². The van der Waals surface area contributed by atoms with Crippen molar-refractivity contribution in [2.45, 2.75) is 38.5 Å². The number of hydrogen-bond acceptors (Lipinski definition) is 6. The molecule has 0 bridgehead atoms. The first-order valence-electron chi connectivity index (χ1n) is 11.6. The highest BCUT2D eigenvalue weighted by atomic mass is 32.1. The van der Waals surface area contributed by atoms with Gasteiger partial charge in [0.05, 0.1) is 11.2 Å². The number of fused-ring (bicyclic) bond motifs is 1. The maximum atomic E-state index is 12.7. The number of amides is 3. The van der Waals surface area contributed by atoms with E-state index in [2.05, 4.69) is 21.4 Å². The lowest BCUT2D eigenvalue weighted by Gasteiger charge is -2.27. The van der Waals surface area contributed by atoms with Crippen molar-refractivity contribution in [2.75, 3.05) is 32.0 Å². The molecule has 1 saturated heterocycles. The molecule has 178 valence electrons. The third kappa shape index (κ3) is 6.38. The third-order valence-corrected chi connectivity index (χ3v) is 6.72. The van der Waals surface area contributed by atoms with Crippen LogP contribution in [-0.4, -0.2) is 64.2 Å². The summed E-state index contributed by atoms with van der Waals surface area (Å²) in [6, 6.07) is 1.96. The number of carbonyl (C=O) groups excluding carboxylic acids is 3. The number of pyridine rings is 1. The maximum absolute atomic E-state index is 12.7. The first kappa shape index (κ1) is 23.8. The van der Waals surface area contributed by atoms with Gasteiger partial charge in [-0.05, 0) is 55.0 Å². The number of anilines is 1. The monoisotopic (exact) mass is 479 g/mol. The molecule has 2 aliphatic rings. The van der Waals surface area contributed by atoms with E-state index in [1.807, 2.05) is 21.9 Å². The van der Waals surface area contributed by atoms with E-state index < -0.39 is 0 Å². The van der Waals surface area contributed by atoms with E-state index in [-0.39, 0.29) is 30.6 Å². The quantitative estimate of drug-likeness (QED) is 0.681. The molecule has 0 unspecified atom stereocenters. The number of piperidine rings is 1. The molecule has 2 aliphatic heterocycles. The zero-order chi connectivity index (χ0) is 23.9. The zero-order valence-corrected chi connectivity index (χ0v) is 20.1. The highest BCUT2D eigenvalue weighted by molar-refractivity contribution is 7.07. The average Bonchev–Trinajstić information content (AvgIpc) is 3.34. The lowest BCUT2D eigenvalue weighted by molar-refractivity contribution is -0.131. The summed E-state index contributed by atoms with van der Waals surface area (Å²) in [6.45, 7) is 2.01. The Labute approximate surface area is 203 Å². The van der Waals surface area contributed by atoms with Gasteiger partial charge in [0, 0.05) is 57.2 Å². The second-order valence-corrected chi connectivity index (χ2v) is 9.34. The van der Waals surface area contributed by atoms with E-state index in [0.29, 0.717) is 31.9 Å². The summed E-state index contributed by atoms with van der Waals surface area (Å²) in [5.74, 6) is 0.266. The molecule has 1 N–H and O–H groups in total. The summed E-state index contributed by atoms with van der Waals surface area (Å²) in [7, 11) is 1.76. The van der Waals surface area contributed by atoms with Gasteiger partial charge in [0.1, 0.15) is 5.82 Å². The summed E-state index contributed by atoms with van der Waals surface area (Å²) in [5.41, 5.74) is 5.85. The normalized spacial score (nSPS) is 17.9. The van der Waals surface area contributed by atoms with Crippen LogP contribution in [0.5, 0.6) is 0 Å². The molecule has 0 aromatic carbocycles. The maximum Gasteiger partial charge on any atom is 0.246 e. The molecule has 0 atom stereocenters. The largest absolute Gasteiger partial charge is 0.346 e. The lowest BCUT2D eigenvalue weighted by Crippen LogP contribution is -2.35. The number of thiazole rings is 1. The summed E-state index contributed by atoms with van der Waals surface area (Å²) >= 11 is 1.58. The molecule has 0 saturated carbocycles. The summed E-state index contributed by atoms with van der Waals surface area (Å²) in [6.07, 6.45) is 10.6. The highest BCUT2D eigenvalue weighted by Gasteiger charge is 2.18. The number of carbonyl (C=O) groups is 3. The fraction of sp³-hybridized carbons (Fsp3) is 0.400. The number of rotatable bonds is 3. The molecular weight excluding hydrogens is 450 g/mol. The van der Waals surface area contributed by atoms with Crippen molar-refractivity contribution >= 4 is 47.0 Å². The Morgan fingerprint density at radius 2 is 1.91 bits per heavy atom. The first-order valence-corrected chi connectivity index (χ1v) is 12.5. The molecule has 0 aliphatic carbocycles. The van der Waals surface area contributed by atoms with Crippen LogP contribution < -0.4 is 5.32 Å². The summed E-state index contributed by atoms with van der Waals surface area (Å²) < 4.78 is 0. The summed E-state index contributed by atoms with van der Waals surface area (Å²) in [5, 5.41) is 4.85. The Kier molecular flexibility index (Phi) is 7.84. The minimum absolute atomic E-state index is 0.0160. The minimum Gasteiger partial charge on any atom is -0.346 e. The Balaban J connectivity index is 1.38. The topological polar surface area (TPSA) is 95.5 Å². The molecule has 8 nitrogen and oxygen atoms in total. The molecule has 9 heteroatoms. The van der Waals surface area contributed by atoms with Crippen molar-refractivity contribution in [1.29, 1.82) is 0 Å². The van der Waals surface area contributed by atoms with Crippen LogP contribution in [0.15, 0.2) is 34.8 Å². The van der Waals surface area contributed by atoms with Gasteiger partial charge in [-0.15, -0.1) is 11.3 Å². The second-order valence-electron chi connectivity index (χ2n) is 8.62. The third-order valence-electron chi connectivity index (χ3n) is 6.12. The van der Waals surface area contributed by atoms with Crippen LogP contribution in [0, 0.1) is 0 Å². The van der Waals surface area contributed by atoms with E-state index in [0.717, 1.165) is 36.1 Å². The number of nitrogens with one attached hydrogen (secondary N) is 1. The number of nitrogens with zero attached hydrogens (tertiary/aromatic N) is 4. The summed E-state index contributed by atoms with van der Waals surface area (Å²) in [4.78, 5) is 49.3. The van der Waals surface area contributed by atoms with E-state index in [9.17, 15) is 14.4 Å². The smallest absolute Gasteiger partial charge is 0.246 e. The fourth-order valence-corrected chi connectivity index (χ4v) is 4.61. The van der Waals surface area contributed by atoms with Crippen LogP contribution in [0.25, 0.3) is 12.2 Å². The van der Waals surface area contributed by atoms with Crippen molar-refractivity contribution in [3.05, 3.63) is 51.6 Å². The zero-order valence-electron chi connectivity index (χ0n) is 19.3. The van der Waals surface area contributed by atoms with Crippen LogP contribution in [-0.2, 0) is 20.8 Å². The number of likely N-dealkylation sites (tertiary alicyclic amines) is 1. The predicted molar refractivity (Wildman–Crippen MR) is 133 cm³/mol.